The quantitative estimate of drug-likeness (QED) is 0.600. The Bertz CT molecular complexity index is 924. The molecule has 4 nitrogen and oxygen atoms in total. The summed E-state index contributed by atoms with van der Waals surface area (Å²) in [6.45, 7) is -0.319. The summed E-state index contributed by atoms with van der Waals surface area (Å²) in [5.74, 6) is -0.837. The van der Waals surface area contributed by atoms with E-state index in [-0.39, 0.29) is 28.0 Å². The maximum atomic E-state index is 13.2. The lowest BCUT2D eigenvalue weighted by molar-refractivity contribution is -0.138. The summed E-state index contributed by atoms with van der Waals surface area (Å²) in [5, 5.41) is 11.4. The van der Waals surface area contributed by atoms with Gasteiger partial charge in [0, 0.05) is 5.56 Å². The van der Waals surface area contributed by atoms with Crippen LogP contribution >= 0.6 is 23.2 Å². The summed E-state index contributed by atoms with van der Waals surface area (Å²) in [6.07, 6.45) is -4.71. The molecule has 0 unspecified atom stereocenters. The summed E-state index contributed by atoms with van der Waals surface area (Å²) >= 11 is 12.1. The van der Waals surface area contributed by atoms with E-state index in [0.717, 1.165) is 16.8 Å². The van der Waals surface area contributed by atoms with Crippen LogP contribution in [0.3, 0.4) is 0 Å². The summed E-state index contributed by atoms with van der Waals surface area (Å²) in [7, 11) is 0. The molecule has 10 heteroatoms. The Morgan fingerprint density at radius 1 is 1.08 bits per heavy atom. The van der Waals surface area contributed by atoms with Crippen molar-refractivity contribution in [1.29, 1.82) is 0 Å². The van der Waals surface area contributed by atoms with Gasteiger partial charge in [-0.25, -0.2) is 9.07 Å². The fourth-order valence-corrected chi connectivity index (χ4v) is 2.68. The normalized spacial score (nSPS) is 11.8. The zero-order valence-electron chi connectivity index (χ0n) is 12.2. The topological polar surface area (TPSA) is 43.6 Å². The molecule has 0 spiro atoms. The minimum absolute atomic E-state index is 0.143. The summed E-state index contributed by atoms with van der Waals surface area (Å²) < 4.78 is 53.8. The van der Waals surface area contributed by atoms with Crippen LogP contribution in [-0.2, 0) is 12.7 Å². The molecule has 0 amide bonds. The van der Waals surface area contributed by atoms with Crippen LogP contribution in [0.4, 0.5) is 17.6 Å². The van der Waals surface area contributed by atoms with E-state index in [9.17, 15) is 17.6 Å². The minimum Gasteiger partial charge on any atom is -0.221 e. The van der Waals surface area contributed by atoms with Gasteiger partial charge in [-0.1, -0.05) is 35.3 Å². The van der Waals surface area contributed by atoms with Crippen LogP contribution in [0.15, 0.2) is 36.4 Å². The van der Waals surface area contributed by atoms with E-state index in [0.29, 0.717) is 11.6 Å². The maximum absolute atomic E-state index is 13.2. The van der Waals surface area contributed by atoms with Gasteiger partial charge in [0.1, 0.15) is 5.82 Å². The van der Waals surface area contributed by atoms with Gasteiger partial charge in [0.25, 0.3) is 0 Å². The van der Waals surface area contributed by atoms with Crippen molar-refractivity contribution in [3.63, 3.8) is 0 Å². The van der Waals surface area contributed by atoms with E-state index in [1.165, 1.54) is 0 Å². The molecule has 1 heterocycles. The number of nitrogens with zero attached hydrogens (tertiary/aromatic N) is 4. The first kappa shape index (κ1) is 17.6. The molecule has 3 rings (SSSR count). The molecule has 0 aliphatic heterocycles. The monoisotopic (exact) mass is 390 g/mol. The van der Waals surface area contributed by atoms with Gasteiger partial charge in [0.15, 0.2) is 5.82 Å². The van der Waals surface area contributed by atoms with Crippen molar-refractivity contribution in [2.24, 2.45) is 0 Å². The molecule has 2 aromatic carbocycles. The molecule has 1 aromatic heterocycles. The third-order valence-electron chi connectivity index (χ3n) is 3.42. The molecule has 0 bridgehead atoms. The molecule has 0 aliphatic rings. The van der Waals surface area contributed by atoms with Crippen LogP contribution in [0.1, 0.15) is 11.1 Å². The van der Waals surface area contributed by atoms with E-state index in [2.05, 4.69) is 15.5 Å². The Morgan fingerprint density at radius 3 is 2.56 bits per heavy atom. The van der Waals surface area contributed by atoms with Crippen molar-refractivity contribution in [2.75, 3.05) is 0 Å². The van der Waals surface area contributed by atoms with Crippen molar-refractivity contribution in [3.8, 4) is 11.4 Å². The minimum atomic E-state index is -4.71. The highest BCUT2D eigenvalue weighted by Gasteiger charge is 2.34. The number of alkyl halides is 3. The Balaban J connectivity index is 2.05. The molecular weight excluding hydrogens is 383 g/mol. The lowest BCUT2D eigenvalue weighted by Gasteiger charge is -2.13. The fourth-order valence-electron chi connectivity index (χ4n) is 2.29. The van der Waals surface area contributed by atoms with Crippen LogP contribution in [0.25, 0.3) is 11.4 Å². The second kappa shape index (κ2) is 6.61. The van der Waals surface area contributed by atoms with Crippen LogP contribution in [0, 0.1) is 5.82 Å². The number of rotatable bonds is 3. The van der Waals surface area contributed by atoms with Gasteiger partial charge in [-0.15, -0.1) is 5.10 Å². The summed E-state index contributed by atoms with van der Waals surface area (Å²) in [5.41, 5.74) is -0.901. The molecule has 0 N–H and O–H groups in total. The number of hydrogen-bond acceptors (Lipinski definition) is 3. The average Bonchev–Trinajstić information content (AvgIpc) is 2.99. The molecular formula is C15H8Cl2F4N4. The van der Waals surface area contributed by atoms with Crippen LogP contribution in [0.5, 0.6) is 0 Å². The SMILES string of the molecule is Fc1ccc(Cn2nnnc2-c2cccc(Cl)c2Cl)c(C(F)(F)F)c1. The smallest absolute Gasteiger partial charge is 0.221 e. The second-order valence-corrected chi connectivity index (χ2v) is 5.85. The predicted octanol–water partition coefficient (Wildman–Crippen LogP) is 4.85. The van der Waals surface area contributed by atoms with Gasteiger partial charge in [-0.3, -0.25) is 0 Å². The van der Waals surface area contributed by atoms with Crippen molar-refractivity contribution in [3.05, 3.63) is 63.4 Å². The number of benzene rings is 2. The average molecular weight is 391 g/mol. The third kappa shape index (κ3) is 3.59. The third-order valence-corrected chi connectivity index (χ3v) is 4.24. The molecule has 130 valence electrons. The summed E-state index contributed by atoms with van der Waals surface area (Å²) in [6, 6.07) is 7.19. The van der Waals surface area contributed by atoms with E-state index in [1.54, 1.807) is 18.2 Å². The zero-order chi connectivity index (χ0) is 18.2. The Kier molecular flexibility index (Phi) is 4.66. The van der Waals surface area contributed by atoms with E-state index < -0.39 is 17.6 Å². The van der Waals surface area contributed by atoms with E-state index in [4.69, 9.17) is 23.2 Å². The van der Waals surface area contributed by atoms with Gasteiger partial charge in [-0.05, 0) is 40.3 Å². The van der Waals surface area contributed by atoms with E-state index >= 15 is 0 Å². The van der Waals surface area contributed by atoms with Crippen LogP contribution < -0.4 is 0 Å². The van der Waals surface area contributed by atoms with Crippen molar-refractivity contribution < 1.29 is 17.6 Å². The molecule has 0 fully saturated rings. The molecule has 25 heavy (non-hydrogen) atoms. The fraction of sp³-hybridized carbons (Fsp3) is 0.133. The van der Waals surface area contributed by atoms with E-state index in [1.807, 2.05) is 0 Å². The lowest BCUT2D eigenvalue weighted by Crippen LogP contribution is -2.13. The number of tetrazole rings is 1. The van der Waals surface area contributed by atoms with Gasteiger partial charge in [0.2, 0.25) is 0 Å². The van der Waals surface area contributed by atoms with Crippen molar-refractivity contribution >= 4 is 23.2 Å². The maximum Gasteiger partial charge on any atom is 0.416 e. The standard InChI is InChI=1S/C15H8Cl2F4N4/c16-12-3-1-2-10(13(12)17)14-22-23-24-25(14)7-8-4-5-9(18)6-11(8)15(19,20)21/h1-6H,7H2. The van der Waals surface area contributed by atoms with Gasteiger partial charge in [0.05, 0.1) is 22.2 Å². The van der Waals surface area contributed by atoms with Crippen LogP contribution in [-0.4, -0.2) is 20.2 Å². The number of hydrogen-bond donors (Lipinski definition) is 0. The second-order valence-electron chi connectivity index (χ2n) is 5.06. The Morgan fingerprint density at radius 2 is 1.84 bits per heavy atom. The first-order valence-electron chi connectivity index (χ1n) is 6.83. The first-order chi connectivity index (χ1) is 11.8. The largest absolute Gasteiger partial charge is 0.416 e. The predicted molar refractivity (Wildman–Crippen MR) is 83.8 cm³/mol. The van der Waals surface area contributed by atoms with Crippen molar-refractivity contribution in [1.82, 2.24) is 20.2 Å². The highest BCUT2D eigenvalue weighted by atomic mass is 35.5. The molecule has 0 atom stereocenters. The first-order valence-corrected chi connectivity index (χ1v) is 7.59. The number of halogens is 6. The van der Waals surface area contributed by atoms with Gasteiger partial charge in [-0.2, -0.15) is 13.2 Å². The molecule has 3 aromatic rings. The van der Waals surface area contributed by atoms with Gasteiger partial charge < -0.3 is 0 Å². The Labute approximate surface area is 149 Å². The molecule has 0 saturated carbocycles. The Hall–Kier alpha value is -2.19. The molecule has 0 radical (unpaired) electrons. The van der Waals surface area contributed by atoms with Crippen molar-refractivity contribution in [2.45, 2.75) is 12.7 Å². The van der Waals surface area contributed by atoms with Crippen LogP contribution in [0.2, 0.25) is 10.0 Å². The molecule has 0 saturated heterocycles. The lowest BCUT2D eigenvalue weighted by atomic mass is 10.1. The highest BCUT2D eigenvalue weighted by Crippen LogP contribution is 2.35. The van der Waals surface area contributed by atoms with Gasteiger partial charge >= 0.3 is 6.18 Å². The summed E-state index contributed by atoms with van der Waals surface area (Å²) in [4.78, 5) is 0. The molecule has 0 aliphatic carbocycles. The number of aromatic nitrogens is 4. The zero-order valence-corrected chi connectivity index (χ0v) is 13.7. The highest BCUT2D eigenvalue weighted by molar-refractivity contribution is 6.43.